The van der Waals surface area contributed by atoms with Crippen molar-refractivity contribution < 1.29 is 19.4 Å². The highest BCUT2D eigenvalue weighted by Crippen LogP contribution is 2.30. The second kappa shape index (κ2) is 11.5. The fourth-order valence-electron chi connectivity index (χ4n) is 4.61. The molecule has 0 radical (unpaired) electrons. The van der Waals surface area contributed by atoms with Crippen molar-refractivity contribution >= 4 is 11.9 Å². The lowest BCUT2D eigenvalue weighted by Crippen LogP contribution is -2.29. The van der Waals surface area contributed by atoms with Gasteiger partial charge in [0.05, 0.1) is 35.6 Å². The van der Waals surface area contributed by atoms with Gasteiger partial charge in [-0.25, -0.2) is 14.6 Å². The molecule has 0 spiro atoms. The number of pyridine rings is 1. The average molecular weight is 530 g/mol. The summed E-state index contributed by atoms with van der Waals surface area (Å²) >= 11 is 0. The van der Waals surface area contributed by atoms with Crippen molar-refractivity contribution in [3.8, 4) is 28.8 Å². The molecule has 39 heavy (non-hydrogen) atoms. The van der Waals surface area contributed by atoms with Gasteiger partial charge in [0.15, 0.2) is 0 Å². The van der Waals surface area contributed by atoms with Crippen LogP contribution in [0.25, 0.3) is 11.4 Å². The standard InChI is InChI=1S/C28H31N7O4/c1-17-7-9-20(10-8-17)39-25-13-14-29-28(32-25)30-16-23-26(33-34-35(23)3)22-11-12-24(18(2)31-22)38-21-6-4-5-19(15-21)27(36)37/h7-14,19,21H,4-6,15-16H2,1-3H3,(H,36,37)(H,29,30,32)/t19-,21-/m0/s1. The van der Waals surface area contributed by atoms with Gasteiger partial charge in [0.25, 0.3) is 0 Å². The van der Waals surface area contributed by atoms with Crippen LogP contribution in [-0.2, 0) is 18.4 Å². The maximum Gasteiger partial charge on any atom is 0.306 e. The number of aromatic nitrogens is 6. The topological polar surface area (TPSA) is 137 Å². The lowest BCUT2D eigenvalue weighted by Gasteiger charge is -2.27. The lowest BCUT2D eigenvalue weighted by molar-refractivity contribution is -0.143. The Kier molecular flexibility index (Phi) is 7.67. The van der Waals surface area contributed by atoms with Gasteiger partial charge in [0, 0.05) is 19.3 Å². The Morgan fingerprint density at radius 3 is 2.69 bits per heavy atom. The molecule has 1 aliphatic carbocycles. The van der Waals surface area contributed by atoms with Crippen molar-refractivity contribution in [2.24, 2.45) is 13.0 Å². The van der Waals surface area contributed by atoms with Gasteiger partial charge in [-0.3, -0.25) is 4.79 Å². The van der Waals surface area contributed by atoms with E-state index in [1.807, 2.05) is 57.3 Å². The number of nitrogens with one attached hydrogen (secondary N) is 1. The highest BCUT2D eigenvalue weighted by atomic mass is 16.5. The molecule has 2 N–H and O–H groups in total. The number of anilines is 1. The molecule has 11 nitrogen and oxygen atoms in total. The summed E-state index contributed by atoms with van der Waals surface area (Å²) in [5, 5.41) is 21.1. The van der Waals surface area contributed by atoms with Crippen molar-refractivity contribution in [3.05, 3.63) is 65.6 Å². The van der Waals surface area contributed by atoms with E-state index in [1.54, 1.807) is 16.9 Å². The summed E-state index contributed by atoms with van der Waals surface area (Å²) in [5.74, 6) is 1.07. The summed E-state index contributed by atoms with van der Waals surface area (Å²) in [6, 6.07) is 13.2. The molecule has 0 amide bonds. The minimum absolute atomic E-state index is 0.131. The molecule has 4 aromatic rings. The van der Waals surface area contributed by atoms with Crippen LogP contribution in [0.5, 0.6) is 17.4 Å². The Hall–Kier alpha value is -4.54. The van der Waals surface area contributed by atoms with E-state index >= 15 is 0 Å². The number of nitrogens with zero attached hydrogens (tertiary/aromatic N) is 6. The molecule has 0 unspecified atom stereocenters. The Labute approximate surface area is 226 Å². The number of aryl methyl sites for hydroxylation is 3. The van der Waals surface area contributed by atoms with E-state index in [9.17, 15) is 9.90 Å². The molecule has 1 aliphatic rings. The summed E-state index contributed by atoms with van der Waals surface area (Å²) < 4.78 is 13.7. The van der Waals surface area contributed by atoms with Crippen molar-refractivity contribution in [1.82, 2.24) is 29.9 Å². The van der Waals surface area contributed by atoms with E-state index in [0.29, 0.717) is 59.8 Å². The quantitative estimate of drug-likeness (QED) is 0.313. The minimum atomic E-state index is -0.756. The molecule has 1 fully saturated rings. The second-order valence-electron chi connectivity index (χ2n) is 9.72. The number of aliphatic carboxylic acids is 1. The minimum Gasteiger partial charge on any atom is -0.489 e. The SMILES string of the molecule is Cc1ccc(Oc2ccnc(NCc3c(-c4ccc(O[C@H]5CCC[C@H](C(=O)O)C5)c(C)n4)nnn3C)n2)cc1. The molecular weight excluding hydrogens is 498 g/mol. The number of benzene rings is 1. The zero-order chi connectivity index (χ0) is 27.4. The molecular formula is C28H31N7O4. The second-order valence-corrected chi connectivity index (χ2v) is 9.72. The van der Waals surface area contributed by atoms with E-state index in [-0.39, 0.29) is 12.0 Å². The fourth-order valence-corrected chi connectivity index (χ4v) is 4.61. The third-order valence-electron chi connectivity index (χ3n) is 6.78. The Balaban J connectivity index is 1.26. The van der Waals surface area contributed by atoms with Crippen LogP contribution < -0.4 is 14.8 Å². The van der Waals surface area contributed by atoms with Crippen LogP contribution in [0.1, 0.15) is 42.6 Å². The number of rotatable bonds is 9. The van der Waals surface area contributed by atoms with Gasteiger partial charge >= 0.3 is 5.97 Å². The number of carboxylic acid groups (broad SMARTS) is 1. The molecule has 1 aromatic carbocycles. The first kappa shape index (κ1) is 26.1. The third kappa shape index (κ3) is 6.31. The first-order valence-corrected chi connectivity index (χ1v) is 12.9. The Bertz CT molecular complexity index is 1450. The van der Waals surface area contributed by atoms with Crippen LogP contribution in [0.2, 0.25) is 0 Å². The van der Waals surface area contributed by atoms with E-state index in [1.165, 1.54) is 0 Å². The van der Waals surface area contributed by atoms with Gasteiger partial charge in [-0.15, -0.1) is 5.10 Å². The van der Waals surface area contributed by atoms with Gasteiger partial charge < -0.3 is 19.9 Å². The molecule has 0 bridgehead atoms. The highest BCUT2D eigenvalue weighted by molar-refractivity contribution is 5.70. The number of carbonyl (C=O) groups is 1. The monoisotopic (exact) mass is 529 g/mol. The summed E-state index contributed by atoms with van der Waals surface area (Å²) in [5.41, 5.74) is 3.96. The van der Waals surface area contributed by atoms with Crippen LogP contribution in [-0.4, -0.2) is 47.1 Å². The average Bonchev–Trinajstić information content (AvgIpc) is 3.30. The first-order valence-electron chi connectivity index (χ1n) is 12.9. The molecule has 3 aromatic heterocycles. The van der Waals surface area contributed by atoms with Crippen LogP contribution >= 0.6 is 0 Å². The maximum atomic E-state index is 11.4. The predicted molar refractivity (Wildman–Crippen MR) is 144 cm³/mol. The molecule has 0 aliphatic heterocycles. The molecule has 202 valence electrons. The van der Waals surface area contributed by atoms with Crippen LogP contribution in [0.15, 0.2) is 48.7 Å². The van der Waals surface area contributed by atoms with Crippen molar-refractivity contribution in [2.45, 2.75) is 52.2 Å². The summed E-state index contributed by atoms with van der Waals surface area (Å²) in [4.78, 5) is 24.9. The Morgan fingerprint density at radius 1 is 1.10 bits per heavy atom. The van der Waals surface area contributed by atoms with Gasteiger partial charge in [0.1, 0.15) is 17.2 Å². The van der Waals surface area contributed by atoms with E-state index < -0.39 is 5.97 Å². The first-order chi connectivity index (χ1) is 18.9. The zero-order valence-electron chi connectivity index (χ0n) is 22.2. The highest BCUT2D eigenvalue weighted by Gasteiger charge is 2.28. The predicted octanol–water partition coefficient (Wildman–Crippen LogP) is 4.71. The zero-order valence-corrected chi connectivity index (χ0v) is 22.2. The number of hydrogen-bond acceptors (Lipinski definition) is 9. The molecule has 0 saturated heterocycles. The van der Waals surface area contributed by atoms with Gasteiger partial charge in [-0.2, -0.15) is 4.98 Å². The molecule has 2 atom stereocenters. The van der Waals surface area contributed by atoms with Crippen molar-refractivity contribution in [1.29, 1.82) is 0 Å². The van der Waals surface area contributed by atoms with E-state index in [2.05, 4.69) is 25.6 Å². The van der Waals surface area contributed by atoms with Crippen LogP contribution in [0.3, 0.4) is 0 Å². The summed E-state index contributed by atoms with van der Waals surface area (Å²) in [7, 11) is 1.82. The fraction of sp³-hybridized carbons (Fsp3) is 0.357. The van der Waals surface area contributed by atoms with Gasteiger partial charge in [0.2, 0.25) is 11.8 Å². The number of ether oxygens (including phenoxy) is 2. The van der Waals surface area contributed by atoms with Crippen LogP contribution in [0, 0.1) is 19.8 Å². The third-order valence-corrected chi connectivity index (χ3v) is 6.78. The smallest absolute Gasteiger partial charge is 0.306 e. The normalized spacial score (nSPS) is 17.0. The lowest BCUT2D eigenvalue weighted by atomic mass is 9.87. The van der Waals surface area contributed by atoms with E-state index in [4.69, 9.17) is 14.5 Å². The molecule has 11 heteroatoms. The van der Waals surface area contributed by atoms with E-state index in [0.717, 1.165) is 24.1 Å². The van der Waals surface area contributed by atoms with Gasteiger partial charge in [-0.1, -0.05) is 22.9 Å². The number of carboxylic acids is 1. The number of hydrogen-bond donors (Lipinski definition) is 2. The molecule has 1 saturated carbocycles. The summed E-state index contributed by atoms with van der Waals surface area (Å²) in [6.07, 6.45) is 4.39. The molecule has 3 heterocycles. The summed E-state index contributed by atoms with van der Waals surface area (Å²) in [6.45, 7) is 4.26. The van der Waals surface area contributed by atoms with Gasteiger partial charge in [-0.05, 0) is 63.8 Å². The molecule has 5 rings (SSSR count). The Morgan fingerprint density at radius 2 is 1.92 bits per heavy atom. The van der Waals surface area contributed by atoms with Crippen LogP contribution in [0.4, 0.5) is 5.95 Å². The van der Waals surface area contributed by atoms with Crippen molar-refractivity contribution in [2.75, 3.05) is 5.32 Å². The van der Waals surface area contributed by atoms with Crippen molar-refractivity contribution in [3.63, 3.8) is 0 Å². The largest absolute Gasteiger partial charge is 0.489 e. The maximum absolute atomic E-state index is 11.4.